The van der Waals surface area contributed by atoms with Gasteiger partial charge < -0.3 is 5.32 Å². The molecule has 2 heterocycles. The molecule has 4 rings (SSSR count). The first-order chi connectivity index (χ1) is 14.4. The quantitative estimate of drug-likeness (QED) is 0.601. The van der Waals surface area contributed by atoms with Gasteiger partial charge >= 0.3 is 0 Å². The number of benzene rings is 2. The Bertz CT molecular complexity index is 1140. The molecule has 3 aromatic rings. The van der Waals surface area contributed by atoms with Crippen LogP contribution in [0.3, 0.4) is 0 Å². The largest absolute Gasteiger partial charge is 0.307 e. The maximum absolute atomic E-state index is 12.8. The van der Waals surface area contributed by atoms with Crippen LogP contribution >= 0.6 is 23.2 Å². The Kier molecular flexibility index (Phi) is 5.57. The number of anilines is 2. The van der Waals surface area contributed by atoms with Gasteiger partial charge in [0.15, 0.2) is 0 Å². The van der Waals surface area contributed by atoms with Crippen molar-refractivity contribution in [2.24, 2.45) is 0 Å². The summed E-state index contributed by atoms with van der Waals surface area (Å²) in [4.78, 5) is 37.8. The van der Waals surface area contributed by atoms with Gasteiger partial charge in [0.1, 0.15) is 5.82 Å². The predicted molar refractivity (Wildman–Crippen MR) is 114 cm³/mol. The van der Waals surface area contributed by atoms with Gasteiger partial charge in [0.25, 0.3) is 5.91 Å². The van der Waals surface area contributed by atoms with E-state index in [2.05, 4.69) is 10.4 Å². The Balaban J connectivity index is 1.53. The third kappa shape index (κ3) is 4.08. The first-order valence-corrected chi connectivity index (χ1v) is 9.91. The molecule has 9 heteroatoms. The number of rotatable bonds is 5. The van der Waals surface area contributed by atoms with Crippen LogP contribution in [0.4, 0.5) is 11.5 Å². The van der Waals surface area contributed by atoms with Crippen LogP contribution in [0, 0.1) is 0 Å². The zero-order chi connectivity index (χ0) is 21.3. The molecule has 2 aromatic carbocycles. The van der Waals surface area contributed by atoms with Crippen molar-refractivity contribution in [3.8, 4) is 0 Å². The first-order valence-electron chi connectivity index (χ1n) is 9.15. The van der Waals surface area contributed by atoms with Crippen molar-refractivity contribution in [3.05, 3.63) is 75.9 Å². The van der Waals surface area contributed by atoms with E-state index >= 15 is 0 Å². The SMILES string of the molecule is O=C(Nc1ccnn1Cc1ccc(Cl)cc1Cl)c1cccc(N2C(=O)CCC2=O)c1. The summed E-state index contributed by atoms with van der Waals surface area (Å²) in [5.41, 5.74) is 1.50. The van der Waals surface area contributed by atoms with Crippen LogP contribution < -0.4 is 10.2 Å². The molecular formula is C21H16Cl2N4O3. The van der Waals surface area contributed by atoms with Gasteiger partial charge in [-0.2, -0.15) is 5.10 Å². The van der Waals surface area contributed by atoms with Crippen molar-refractivity contribution in [2.45, 2.75) is 19.4 Å². The van der Waals surface area contributed by atoms with E-state index in [-0.39, 0.29) is 30.6 Å². The van der Waals surface area contributed by atoms with E-state index in [1.54, 1.807) is 53.3 Å². The van der Waals surface area contributed by atoms with E-state index in [1.165, 1.54) is 6.07 Å². The lowest BCUT2D eigenvalue weighted by molar-refractivity contribution is -0.121. The molecule has 0 unspecified atom stereocenters. The second-order valence-electron chi connectivity index (χ2n) is 6.74. The molecule has 152 valence electrons. The third-order valence-corrected chi connectivity index (χ3v) is 5.30. The maximum atomic E-state index is 12.8. The minimum absolute atomic E-state index is 0.182. The van der Waals surface area contributed by atoms with Crippen LogP contribution in [-0.4, -0.2) is 27.5 Å². The summed E-state index contributed by atoms with van der Waals surface area (Å²) in [6.45, 7) is 0.343. The maximum Gasteiger partial charge on any atom is 0.256 e. The highest BCUT2D eigenvalue weighted by atomic mass is 35.5. The number of hydrogen-bond acceptors (Lipinski definition) is 4. The number of imide groups is 1. The molecular weight excluding hydrogens is 427 g/mol. The summed E-state index contributed by atoms with van der Waals surface area (Å²) >= 11 is 12.2. The topological polar surface area (TPSA) is 84.3 Å². The molecule has 1 aromatic heterocycles. The summed E-state index contributed by atoms with van der Waals surface area (Å²) in [7, 11) is 0. The van der Waals surface area contributed by atoms with Gasteiger partial charge in [0.2, 0.25) is 11.8 Å². The van der Waals surface area contributed by atoms with E-state index < -0.39 is 0 Å². The molecule has 7 nitrogen and oxygen atoms in total. The van der Waals surface area contributed by atoms with Crippen molar-refractivity contribution in [2.75, 3.05) is 10.2 Å². The summed E-state index contributed by atoms with van der Waals surface area (Å²) in [5, 5.41) is 8.07. The van der Waals surface area contributed by atoms with Crippen LogP contribution in [0.5, 0.6) is 0 Å². The van der Waals surface area contributed by atoms with Crippen LogP contribution in [0.2, 0.25) is 10.0 Å². The smallest absolute Gasteiger partial charge is 0.256 e. The second-order valence-corrected chi connectivity index (χ2v) is 7.58. The number of hydrogen-bond donors (Lipinski definition) is 1. The van der Waals surface area contributed by atoms with Crippen molar-refractivity contribution < 1.29 is 14.4 Å². The van der Waals surface area contributed by atoms with Gasteiger partial charge in [0.05, 0.1) is 18.4 Å². The fourth-order valence-electron chi connectivity index (χ4n) is 3.22. The van der Waals surface area contributed by atoms with Crippen molar-refractivity contribution in [1.82, 2.24) is 9.78 Å². The molecule has 0 bridgehead atoms. The molecule has 0 aliphatic carbocycles. The fraction of sp³-hybridized carbons (Fsp3) is 0.143. The lowest BCUT2D eigenvalue weighted by atomic mass is 10.1. The number of aromatic nitrogens is 2. The van der Waals surface area contributed by atoms with Gasteiger partial charge in [-0.05, 0) is 35.9 Å². The molecule has 0 radical (unpaired) electrons. The average molecular weight is 443 g/mol. The Morgan fingerprint density at radius 1 is 1.03 bits per heavy atom. The first kappa shape index (κ1) is 20.1. The van der Waals surface area contributed by atoms with Gasteiger partial charge in [-0.15, -0.1) is 0 Å². The molecule has 1 aliphatic heterocycles. The standard InChI is InChI=1S/C21H16Cl2N4O3/c22-15-5-4-14(17(23)11-15)12-26-18(8-9-24-26)25-21(30)13-2-1-3-16(10-13)27-19(28)6-7-20(27)29/h1-5,8-11H,6-7,12H2,(H,25,30). The molecule has 3 amide bonds. The molecule has 1 N–H and O–H groups in total. The van der Waals surface area contributed by atoms with Crippen molar-refractivity contribution >= 4 is 52.4 Å². The summed E-state index contributed by atoms with van der Waals surface area (Å²) < 4.78 is 1.60. The number of amides is 3. The van der Waals surface area contributed by atoms with Gasteiger partial charge in [-0.25, -0.2) is 4.68 Å². The third-order valence-electron chi connectivity index (χ3n) is 4.71. The molecule has 0 saturated carbocycles. The van der Waals surface area contributed by atoms with E-state index in [0.717, 1.165) is 10.5 Å². The second kappa shape index (κ2) is 8.30. The number of nitrogens with zero attached hydrogens (tertiary/aromatic N) is 3. The minimum atomic E-state index is -0.389. The monoisotopic (exact) mass is 442 g/mol. The Labute approximate surface area is 182 Å². The molecule has 30 heavy (non-hydrogen) atoms. The summed E-state index contributed by atoms with van der Waals surface area (Å²) in [6, 6.07) is 13.2. The van der Waals surface area contributed by atoms with Crippen LogP contribution in [0.25, 0.3) is 0 Å². The fourth-order valence-corrected chi connectivity index (χ4v) is 3.68. The lowest BCUT2D eigenvalue weighted by Gasteiger charge is -2.15. The summed E-state index contributed by atoms with van der Waals surface area (Å²) in [6.07, 6.45) is 1.93. The predicted octanol–water partition coefficient (Wildman–Crippen LogP) is 4.14. The number of carbonyl (C=O) groups is 3. The zero-order valence-corrected chi connectivity index (χ0v) is 17.2. The molecule has 1 aliphatic rings. The number of halogens is 2. The normalized spacial score (nSPS) is 13.7. The summed E-state index contributed by atoms with van der Waals surface area (Å²) in [5.74, 6) is -0.449. The van der Waals surface area contributed by atoms with Crippen molar-refractivity contribution in [3.63, 3.8) is 0 Å². The highest BCUT2D eigenvalue weighted by molar-refractivity contribution is 6.35. The minimum Gasteiger partial charge on any atom is -0.307 e. The Morgan fingerprint density at radius 2 is 1.80 bits per heavy atom. The Hall–Kier alpha value is -3.16. The van der Waals surface area contributed by atoms with E-state index in [4.69, 9.17) is 23.2 Å². The Morgan fingerprint density at radius 3 is 2.53 bits per heavy atom. The lowest BCUT2D eigenvalue weighted by Crippen LogP contribution is -2.28. The van der Waals surface area contributed by atoms with Gasteiger partial charge in [0, 0.05) is 34.5 Å². The number of carbonyl (C=O) groups excluding carboxylic acids is 3. The van der Waals surface area contributed by atoms with Crippen LogP contribution in [-0.2, 0) is 16.1 Å². The van der Waals surface area contributed by atoms with Crippen molar-refractivity contribution in [1.29, 1.82) is 0 Å². The average Bonchev–Trinajstić information content (AvgIpc) is 3.29. The van der Waals surface area contributed by atoms with E-state index in [1.807, 2.05) is 0 Å². The highest BCUT2D eigenvalue weighted by Gasteiger charge is 2.30. The van der Waals surface area contributed by atoms with E-state index in [0.29, 0.717) is 33.7 Å². The van der Waals surface area contributed by atoms with Gasteiger partial charge in [-0.1, -0.05) is 35.3 Å². The molecule has 1 fully saturated rings. The zero-order valence-electron chi connectivity index (χ0n) is 15.6. The number of nitrogens with one attached hydrogen (secondary N) is 1. The highest BCUT2D eigenvalue weighted by Crippen LogP contribution is 2.25. The molecule has 0 atom stereocenters. The van der Waals surface area contributed by atoms with Crippen LogP contribution in [0.1, 0.15) is 28.8 Å². The van der Waals surface area contributed by atoms with E-state index in [9.17, 15) is 14.4 Å². The molecule has 1 saturated heterocycles. The molecule has 0 spiro atoms. The van der Waals surface area contributed by atoms with Crippen LogP contribution in [0.15, 0.2) is 54.7 Å². The van der Waals surface area contributed by atoms with Gasteiger partial charge in [-0.3, -0.25) is 19.3 Å².